The van der Waals surface area contributed by atoms with Crippen LogP contribution in [0.3, 0.4) is 0 Å². The van der Waals surface area contributed by atoms with E-state index in [1.165, 1.54) is 14.0 Å². The average molecular weight is 262 g/mol. The maximum atomic E-state index is 12.1. The zero-order chi connectivity index (χ0) is 13.8. The van der Waals surface area contributed by atoms with Crippen molar-refractivity contribution in [2.24, 2.45) is 0 Å². The van der Waals surface area contributed by atoms with Crippen LogP contribution in [0.1, 0.15) is 25.3 Å². The van der Waals surface area contributed by atoms with Gasteiger partial charge in [0.15, 0.2) is 0 Å². The van der Waals surface area contributed by atoms with E-state index in [0.29, 0.717) is 5.75 Å². The fraction of sp³-hybridized carbons (Fsp3) is 0.538. The van der Waals surface area contributed by atoms with Gasteiger partial charge in [-0.05, 0) is 31.0 Å². The van der Waals surface area contributed by atoms with E-state index < -0.39 is 18.2 Å². The second-order valence-electron chi connectivity index (χ2n) is 4.64. The molecule has 1 atom stereocenters. The summed E-state index contributed by atoms with van der Waals surface area (Å²) in [6, 6.07) is 6.91. The van der Waals surface area contributed by atoms with Gasteiger partial charge >= 0.3 is 6.18 Å². The van der Waals surface area contributed by atoms with Gasteiger partial charge in [-0.1, -0.05) is 12.1 Å². The molecule has 0 aliphatic carbocycles. The number of hydrogen-bond donors (Lipinski definition) is 1. The van der Waals surface area contributed by atoms with Gasteiger partial charge in [0.25, 0.3) is 0 Å². The van der Waals surface area contributed by atoms with Crippen molar-refractivity contribution >= 4 is 0 Å². The Hall–Kier alpha value is -1.23. The van der Waals surface area contributed by atoms with Gasteiger partial charge in [-0.25, -0.2) is 0 Å². The minimum Gasteiger partial charge on any atom is -0.497 e. The molecule has 0 heterocycles. The van der Waals surface area contributed by atoms with E-state index in [-0.39, 0.29) is 12.8 Å². The summed E-state index contributed by atoms with van der Waals surface area (Å²) in [6.45, 7) is 1.42. The highest BCUT2D eigenvalue weighted by atomic mass is 19.4. The van der Waals surface area contributed by atoms with Crippen molar-refractivity contribution in [2.45, 2.75) is 38.0 Å². The van der Waals surface area contributed by atoms with E-state index in [0.717, 1.165) is 5.56 Å². The molecule has 18 heavy (non-hydrogen) atoms. The van der Waals surface area contributed by atoms with Gasteiger partial charge in [0.2, 0.25) is 0 Å². The lowest BCUT2D eigenvalue weighted by molar-refractivity contribution is -0.145. The highest BCUT2D eigenvalue weighted by Gasteiger charge is 2.32. The summed E-state index contributed by atoms with van der Waals surface area (Å²) in [4.78, 5) is 0. The lowest BCUT2D eigenvalue weighted by atomic mass is 9.92. The van der Waals surface area contributed by atoms with Crippen LogP contribution in [0.15, 0.2) is 24.3 Å². The van der Waals surface area contributed by atoms with Gasteiger partial charge in [0.05, 0.1) is 12.7 Å². The molecule has 1 rings (SSSR count). The standard InChI is InChI=1S/C13H17F3O2/c1-12(17,7-8-13(14,15)16)9-10-3-5-11(18-2)6-4-10/h3-6,17H,7-9H2,1-2H3. The molecule has 102 valence electrons. The average Bonchev–Trinajstić information content (AvgIpc) is 2.26. The number of alkyl halides is 3. The molecule has 5 heteroatoms. The summed E-state index contributed by atoms with van der Waals surface area (Å²) >= 11 is 0. The van der Waals surface area contributed by atoms with Crippen LogP contribution in [0.25, 0.3) is 0 Å². The number of rotatable bonds is 5. The maximum Gasteiger partial charge on any atom is 0.389 e. The number of benzene rings is 1. The first-order chi connectivity index (χ1) is 8.22. The number of halogens is 3. The zero-order valence-corrected chi connectivity index (χ0v) is 10.4. The van der Waals surface area contributed by atoms with Gasteiger partial charge in [0, 0.05) is 12.8 Å². The van der Waals surface area contributed by atoms with Crippen LogP contribution in [0.2, 0.25) is 0 Å². The molecular weight excluding hydrogens is 245 g/mol. The molecular formula is C13H17F3O2. The van der Waals surface area contributed by atoms with E-state index in [1.54, 1.807) is 24.3 Å². The largest absolute Gasteiger partial charge is 0.497 e. The topological polar surface area (TPSA) is 29.5 Å². The molecule has 0 amide bonds. The van der Waals surface area contributed by atoms with E-state index in [4.69, 9.17) is 4.74 Å². The lowest BCUT2D eigenvalue weighted by Gasteiger charge is -2.24. The SMILES string of the molecule is COc1ccc(CC(C)(O)CCC(F)(F)F)cc1. The summed E-state index contributed by atoms with van der Waals surface area (Å²) in [5, 5.41) is 9.93. The lowest BCUT2D eigenvalue weighted by Crippen LogP contribution is -2.29. The second kappa shape index (κ2) is 5.61. The Morgan fingerprint density at radius 3 is 2.11 bits per heavy atom. The highest BCUT2D eigenvalue weighted by molar-refractivity contribution is 5.27. The molecule has 1 N–H and O–H groups in total. The maximum absolute atomic E-state index is 12.1. The van der Waals surface area contributed by atoms with E-state index in [9.17, 15) is 18.3 Å². The third-order valence-electron chi connectivity index (χ3n) is 2.69. The van der Waals surface area contributed by atoms with Crippen LogP contribution in [0.4, 0.5) is 13.2 Å². The Bertz CT molecular complexity index is 369. The summed E-state index contributed by atoms with van der Waals surface area (Å²) in [5.74, 6) is 0.675. The van der Waals surface area contributed by atoms with Crippen molar-refractivity contribution in [1.82, 2.24) is 0 Å². The van der Waals surface area contributed by atoms with Crippen molar-refractivity contribution < 1.29 is 23.0 Å². The quantitative estimate of drug-likeness (QED) is 0.882. The first kappa shape index (κ1) is 14.8. The molecule has 1 aromatic carbocycles. The predicted molar refractivity (Wildman–Crippen MR) is 62.6 cm³/mol. The van der Waals surface area contributed by atoms with E-state index in [1.807, 2.05) is 0 Å². The minimum atomic E-state index is -4.23. The monoisotopic (exact) mass is 262 g/mol. The normalized spacial score (nSPS) is 15.2. The second-order valence-corrected chi connectivity index (χ2v) is 4.64. The smallest absolute Gasteiger partial charge is 0.389 e. The third kappa shape index (κ3) is 5.40. The molecule has 0 radical (unpaired) electrons. The van der Waals surface area contributed by atoms with Crippen molar-refractivity contribution in [1.29, 1.82) is 0 Å². The van der Waals surface area contributed by atoms with Gasteiger partial charge in [0.1, 0.15) is 5.75 Å². The Kier molecular flexibility index (Phi) is 4.62. The van der Waals surface area contributed by atoms with Crippen molar-refractivity contribution in [3.8, 4) is 5.75 Å². The van der Waals surface area contributed by atoms with Crippen LogP contribution in [0.5, 0.6) is 5.75 Å². The Balaban J connectivity index is 2.58. The predicted octanol–water partition coefficient (Wildman–Crippen LogP) is 3.33. The summed E-state index contributed by atoms with van der Waals surface area (Å²) in [5.41, 5.74) is -0.577. The molecule has 0 spiro atoms. The van der Waals surface area contributed by atoms with Crippen LogP contribution in [-0.4, -0.2) is 24.0 Å². The Morgan fingerprint density at radius 1 is 1.11 bits per heavy atom. The summed E-state index contributed by atoms with van der Waals surface area (Å²) in [7, 11) is 1.54. The van der Waals surface area contributed by atoms with Gasteiger partial charge in [-0.15, -0.1) is 0 Å². The fourth-order valence-electron chi connectivity index (χ4n) is 1.68. The highest BCUT2D eigenvalue weighted by Crippen LogP contribution is 2.28. The van der Waals surface area contributed by atoms with Gasteiger partial charge in [-0.3, -0.25) is 0 Å². The van der Waals surface area contributed by atoms with E-state index in [2.05, 4.69) is 0 Å². The zero-order valence-electron chi connectivity index (χ0n) is 10.4. The molecule has 1 unspecified atom stereocenters. The molecule has 1 aromatic rings. The first-order valence-electron chi connectivity index (χ1n) is 5.64. The third-order valence-corrected chi connectivity index (χ3v) is 2.69. The van der Waals surface area contributed by atoms with Gasteiger partial charge < -0.3 is 9.84 Å². The fourth-order valence-corrected chi connectivity index (χ4v) is 1.68. The summed E-state index contributed by atoms with van der Waals surface area (Å²) in [6.07, 6.45) is -5.32. The summed E-state index contributed by atoms with van der Waals surface area (Å²) < 4.78 is 41.3. The van der Waals surface area contributed by atoms with Crippen LogP contribution in [-0.2, 0) is 6.42 Å². The minimum absolute atomic E-state index is 0.188. The molecule has 0 aliphatic rings. The molecule has 0 aromatic heterocycles. The molecule has 2 nitrogen and oxygen atoms in total. The molecule has 0 saturated heterocycles. The van der Waals surface area contributed by atoms with Crippen molar-refractivity contribution in [3.63, 3.8) is 0 Å². The Morgan fingerprint density at radius 2 is 1.67 bits per heavy atom. The van der Waals surface area contributed by atoms with Crippen LogP contribution in [0, 0.1) is 0 Å². The number of ether oxygens (including phenoxy) is 1. The van der Waals surface area contributed by atoms with Gasteiger partial charge in [-0.2, -0.15) is 13.2 Å². The van der Waals surface area contributed by atoms with Crippen molar-refractivity contribution in [2.75, 3.05) is 7.11 Å². The van der Waals surface area contributed by atoms with Crippen LogP contribution >= 0.6 is 0 Å². The van der Waals surface area contributed by atoms with Crippen molar-refractivity contribution in [3.05, 3.63) is 29.8 Å². The molecule has 0 fully saturated rings. The first-order valence-corrected chi connectivity index (χ1v) is 5.64. The number of methoxy groups -OCH3 is 1. The molecule has 0 saturated carbocycles. The molecule has 0 aliphatic heterocycles. The number of aliphatic hydroxyl groups is 1. The Labute approximate surface area is 104 Å². The van der Waals surface area contributed by atoms with E-state index >= 15 is 0 Å². The number of hydrogen-bond acceptors (Lipinski definition) is 2. The van der Waals surface area contributed by atoms with Crippen LogP contribution < -0.4 is 4.74 Å². The molecule has 0 bridgehead atoms.